The molecule has 0 bridgehead atoms. The van der Waals surface area contributed by atoms with Gasteiger partial charge < -0.3 is 14.0 Å². The molecule has 4 aromatic rings. The van der Waals surface area contributed by atoms with Gasteiger partial charge in [0.2, 0.25) is 0 Å². The van der Waals surface area contributed by atoms with E-state index in [-0.39, 0.29) is 5.91 Å². The zero-order chi connectivity index (χ0) is 27.5. The molecule has 1 amide bonds. The molecular weight excluding hydrogens is 598 g/mol. The first kappa shape index (κ1) is 27.5. The number of rotatable bonds is 8. The number of carbonyl (C=O) groups is 1. The van der Waals surface area contributed by atoms with Crippen molar-refractivity contribution in [2.24, 2.45) is 5.10 Å². The van der Waals surface area contributed by atoms with E-state index in [4.69, 9.17) is 21.1 Å². The van der Waals surface area contributed by atoms with Gasteiger partial charge in [0.05, 0.1) is 18.9 Å². The van der Waals surface area contributed by atoms with Gasteiger partial charge in [0.25, 0.3) is 5.91 Å². The van der Waals surface area contributed by atoms with Crippen molar-refractivity contribution in [3.8, 4) is 16.5 Å². The van der Waals surface area contributed by atoms with E-state index in [2.05, 4.69) is 57.0 Å². The Balaban J connectivity index is 1.36. The van der Waals surface area contributed by atoms with Crippen molar-refractivity contribution < 1.29 is 14.3 Å². The van der Waals surface area contributed by atoms with E-state index in [1.165, 1.54) is 4.88 Å². The summed E-state index contributed by atoms with van der Waals surface area (Å²) in [4.78, 5) is 14.8. The van der Waals surface area contributed by atoms with Crippen molar-refractivity contribution >= 4 is 51.0 Å². The largest absolute Gasteiger partial charge is 0.493 e. The highest BCUT2D eigenvalue weighted by molar-refractivity contribution is 9.10. The van der Waals surface area contributed by atoms with Crippen LogP contribution in [0.1, 0.15) is 56.2 Å². The zero-order valence-electron chi connectivity index (χ0n) is 22.0. The molecular formula is C30H29BrClN3O3S. The Hall–Kier alpha value is -3.07. The van der Waals surface area contributed by atoms with Crippen LogP contribution >= 0.6 is 38.9 Å². The number of nitrogens with one attached hydrogen (secondary N) is 1. The van der Waals surface area contributed by atoms with Crippen molar-refractivity contribution in [3.05, 3.63) is 96.5 Å². The van der Waals surface area contributed by atoms with Crippen LogP contribution in [0.3, 0.4) is 0 Å². The molecule has 0 saturated carbocycles. The van der Waals surface area contributed by atoms with Gasteiger partial charge in [0, 0.05) is 36.9 Å². The summed E-state index contributed by atoms with van der Waals surface area (Å²) in [5.74, 6) is 0.916. The first-order valence-electron chi connectivity index (χ1n) is 12.7. The van der Waals surface area contributed by atoms with Gasteiger partial charge in [-0.3, -0.25) is 4.79 Å². The molecule has 0 aliphatic heterocycles. The summed E-state index contributed by atoms with van der Waals surface area (Å²) >= 11 is 11.6. The fourth-order valence-electron chi connectivity index (χ4n) is 4.84. The highest BCUT2D eigenvalue weighted by Gasteiger charge is 2.27. The van der Waals surface area contributed by atoms with Gasteiger partial charge in [-0.25, -0.2) is 5.43 Å². The Kier molecular flexibility index (Phi) is 8.45. The minimum Gasteiger partial charge on any atom is -0.493 e. The monoisotopic (exact) mass is 625 g/mol. The molecule has 1 N–H and O–H groups in total. The summed E-state index contributed by atoms with van der Waals surface area (Å²) in [6, 6.07) is 15.4. The Labute approximate surface area is 245 Å². The number of hydrogen-bond acceptors (Lipinski definition) is 5. The molecule has 0 saturated heterocycles. The van der Waals surface area contributed by atoms with Crippen LogP contribution in [0.25, 0.3) is 5.00 Å². The standard InChI is InChI=1S/C30H29BrClN3O3S/c1-18-12-13-19(2)35(18)30-28(22-9-5-7-11-27(22)39-30)29(36)34-33-16-21-14-25(37-3)26(15-23(21)31)38-17-20-8-4-6-10-24(20)32/h4,6,8,10,12-16H,5,7,9,11,17H2,1-3H3,(H,34,36)/b33-16-. The molecule has 5 rings (SSSR count). The van der Waals surface area contributed by atoms with Crippen molar-refractivity contribution in [2.75, 3.05) is 7.11 Å². The highest BCUT2D eigenvalue weighted by atomic mass is 79.9. The van der Waals surface area contributed by atoms with Crippen LogP contribution < -0.4 is 14.9 Å². The molecule has 0 spiro atoms. The molecule has 0 unspecified atom stereocenters. The van der Waals surface area contributed by atoms with Gasteiger partial charge in [-0.1, -0.05) is 29.8 Å². The molecule has 2 aromatic heterocycles. The highest BCUT2D eigenvalue weighted by Crippen LogP contribution is 2.38. The van der Waals surface area contributed by atoms with Crippen molar-refractivity contribution in [1.29, 1.82) is 0 Å². The number of amides is 1. The lowest BCUT2D eigenvalue weighted by atomic mass is 9.95. The molecule has 1 aliphatic carbocycles. The fraction of sp³-hybridized carbons (Fsp3) is 0.267. The fourth-order valence-corrected chi connectivity index (χ4v) is 6.96. The van der Waals surface area contributed by atoms with Crippen LogP contribution in [0.15, 0.2) is 58.1 Å². The van der Waals surface area contributed by atoms with E-state index in [1.54, 1.807) is 24.7 Å². The maximum Gasteiger partial charge on any atom is 0.274 e. The number of methoxy groups -OCH3 is 1. The third-order valence-corrected chi connectivity index (χ3v) is 9.18. The number of hydrazone groups is 1. The maximum absolute atomic E-state index is 13.5. The first-order chi connectivity index (χ1) is 18.9. The Morgan fingerprint density at radius 1 is 1.13 bits per heavy atom. The van der Waals surface area contributed by atoms with E-state index in [9.17, 15) is 4.79 Å². The SMILES string of the molecule is COc1cc(/C=N\NC(=O)c2c(-n3c(C)ccc3C)sc3c2CCCC3)c(Br)cc1OCc1ccccc1Cl. The number of fused-ring (bicyclic) bond motifs is 1. The van der Waals surface area contributed by atoms with Crippen molar-refractivity contribution in [2.45, 2.75) is 46.1 Å². The minimum absolute atomic E-state index is 0.198. The number of halogens is 2. The average molecular weight is 627 g/mol. The molecule has 39 heavy (non-hydrogen) atoms. The number of aromatic nitrogens is 1. The average Bonchev–Trinajstić information content (AvgIpc) is 3.47. The van der Waals surface area contributed by atoms with Crippen LogP contribution in [-0.2, 0) is 19.4 Å². The number of nitrogens with zero attached hydrogens (tertiary/aromatic N) is 2. The van der Waals surface area contributed by atoms with Gasteiger partial charge in [-0.05, 0) is 91.4 Å². The van der Waals surface area contributed by atoms with Crippen molar-refractivity contribution in [3.63, 3.8) is 0 Å². The molecule has 202 valence electrons. The normalized spacial score (nSPS) is 12.9. The number of ether oxygens (including phenoxy) is 2. The molecule has 1 aliphatic rings. The topological polar surface area (TPSA) is 64.8 Å². The number of aryl methyl sites for hydroxylation is 3. The number of thiophene rings is 1. The number of benzene rings is 2. The lowest BCUT2D eigenvalue weighted by molar-refractivity contribution is 0.0954. The second kappa shape index (κ2) is 12.0. The molecule has 9 heteroatoms. The minimum atomic E-state index is -0.198. The van der Waals surface area contributed by atoms with Crippen LogP contribution in [-0.4, -0.2) is 23.8 Å². The molecule has 0 radical (unpaired) electrons. The number of carbonyl (C=O) groups excluding carboxylic acids is 1. The molecule has 0 fully saturated rings. The lowest BCUT2D eigenvalue weighted by Crippen LogP contribution is -2.21. The van der Waals surface area contributed by atoms with Gasteiger partial charge >= 0.3 is 0 Å². The Bertz CT molecular complexity index is 1540. The van der Waals surface area contributed by atoms with Gasteiger partial charge in [0.1, 0.15) is 11.6 Å². The smallest absolute Gasteiger partial charge is 0.274 e. The predicted octanol–water partition coefficient (Wildman–Crippen LogP) is 7.80. The van der Waals surface area contributed by atoms with Crippen molar-refractivity contribution in [1.82, 2.24) is 9.99 Å². The molecule has 0 atom stereocenters. The summed E-state index contributed by atoms with van der Waals surface area (Å²) in [6.07, 6.45) is 5.78. The second-order valence-corrected chi connectivity index (χ2v) is 11.8. The molecule has 6 nitrogen and oxygen atoms in total. The van der Waals surface area contributed by atoms with Crippen LogP contribution in [0, 0.1) is 13.8 Å². The van der Waals surface area contributed by atoms with Crippen LogP contribution in [0.2, 0.25) is 5.02 Å². The van der Waals surface area contributed by atoms with E-state index < -0.39 is 0 Å². The quantitative estimate of drug-likeness (QED) is 0.160. The summed E-state index contributed by atoms with van der Waals surface area (Å²) in [6.45, 7) is 4.44. The summed E-state index contributed by atoms with van der Waals surface area (Å²) in [7, 11) is 1.58. The Morgan fingerprint density at radius 3 is 2.62 bits per heavy atom. The third kappa shape index (κ3) is 5.78. The van der Waals surface area contributed by atoms with Gasteiger partial charge in [0.15, 0.2) is 11.5 Å². The van der Waals surface area contributed by atoms with E-state index in [1.807, 2.05) is 36.4 Å². The summed E-state index contributed by atoms with van der Waals surface area (Å²) in [5.41, 5.74) is 8.50. The second-order valence-electron chi connectivity index (χ2n) is 9.45. The molecule has 2 heterocycles. The summed E-state index contributed by atoms with van der Waals surface area (Å²) in [5, 5.41) is 5.93. The van der Waals surface area contributed by atoms with E-state index in [0.717, 1.165) is 68.8 Å². The number of hydrogen-bond donors (Lipinski definition) is 1. The van der Waals surface area contributed by atoms with E-state index in [0.29, 0.717) is 23.1 Å². The van der Waals surface area contributed by atoms with Crippen LogP contribution in [0.4, 0.5) is 0 Å². The third-order valence-electron chi connectivity index (χ3n) is 6.85. The van der Waals surface area contributed by atoms with Gasteiger partial charge in [-0.15, -0.1) is 11.3 Å². The van der Waals surface area contributed by atoms with Gasteiger partial charge in [-0.2, -0.15) is 5.10 Å². The maximum atomic E-state index is 13.5. The predicted molar refractivity (Wildman–Crippen MR) is 161 cm³/mol. The van der Waals surface area contributed by atoms with E-state index >= 15 is 0 Å². The lowest BCUT2D eigenvalue weighted by Gasteiger charge is -2.14. The zero-order valence-corrected chi connectivity index (χ0v) is 25.2. The Morgan fingerprint density at radius 2 is 1.87 bits per heavy atom. The first-order valence-corrected chi connectivity index (χ1v) is 14.7. The summed E-state index contributed by atoms with van der Waals surface area (Å²) < 4.78 is 14.5. The van der Waals surface area contributed by atoms with Crippen LogP contribution in [0.5, 0.6) is 11.5 Å². The molecule has 2 aromatic carbocycles.